The number of carbonyl (C=O) groups is 1. The van der Waals surface area contributed by atoms with E-state index in [2.05, 4.69) is 17.4 Å². The van der Waals surface area contributed by atoms with Gasteiger partial charge in [0.1, 0.15) is 0 Å². The molecule has 1 amide bonds. The third-order valence-corrected chi connectivity index (χ3v) is 6.28. The number of aryl methyl sites for hydroxylation is 3. The molecule has 0 radical (unpaired) electrons. The SMILES string of the molecule is Cc1cc(C)c([C@@H](C)NC(=O)CCCN(c2ccc(F)c(F)c2)S(C)(=O)=O)cc1C. The second-order valence-corrected chi connectivity index (χ2v) is 9.53. The number of nitrogens with one attached hydrogen (secondary N) is 1. The highest BCUT2D eigenvalue weighted by atomic mass is 32.2. The molecule has 0 unspecified atom stereocenters. The molecule has 1 atom stereocenters. The second-order valence-electron chi connectivity index (χ2n) is 7.62. The van der Waals surface area contributed by atoms with Crippen molar-refractivity contribution in [3.05, 3.63) is 64.2 Å². The molecule has 0 aliphatic heterocycles. The molecule has 0 aliphatic carbocycles. The first-order valence-corrected chi connectivity index (χ1v) is 11.5. The fourth-order valence-corrected chi connectivity index (χ4v) is 4.31. The summed E-state index contributed by atoms with van der Waals surface area (Å²) in [7, 11) is -3.71. The second kappa shape index (κ2) is 9.55. The number of hydrogen-bond donors (Lipinski definition) is 1. The Labute approximate surface area is 177 Å². The Bertz CT molecular complexity index is 1040. The van der Waals surface area contributed by atoms with Crippen LogP contribution in [0.25, 0.3) is 0 Å². The average molecular weight is 439 g/mol. The molecular formula is C22H28F2N2O3S. The lowest BCUT2D eigenvalue weighted by Crippen LogP contribution is -2.32. The zero-order valence-electron chi connectivity index (χ0n) is 17.9. The zero-order chi connectivity index (χ0) is 22.6. The fourth-order valence-electron chi connectivity index (χ4n) is 3.35. The molecule has 0 saturated heterocycles. The number of amides is 1. The molecule has 164 valence electrons. The third kappa shape index (κ3) is 6.01. The summed E-state index contributed by atoms with van der Waals surface area (Å²) in [4.78, 5) is 12.4. The van der Waals surface area contributed by atoms with E-state index >= 15 is 0 Å². The number of nitrogens with zero attached hydrogens (tertiary/aromatic N) is 1. The molecule has 2 aromatic rings. The number of halogens is 2. The maximum Gasteiger partial charge on any atom is 0.232 e. The molecule has 0 spiro atoms. The lowest BCUT2D eigenvalue weighted by Gasteiger charge is -2.23. The first-order valence-electron chi connectivity index (χ1n) is 9.70. The Morgan fingerprint density at radius 1 is 1.03 bits per heavy atom. The van der Waals surface area contributed by atoms with E-state index in [9.17, 15) is 22.0 Å². The Hall–Kier alpha value is -2.48. The van der Waals surface area contributed by atoms with Crippen LogP contribution in [0.15, 0.2) is 30.3 Å². The maximum atomic E-state index is 13.5. The van der Waals surface area contributed by atoms with E-state index in [0.717, 1.165) is 39.4 Å². The van der Waals surface area contributed by atoms with Gasteiger partial charge in [-0.2, -0.15) is 0 Å². The summed E-state index contributed by atoms with van der Waals surface area (Å²) in [5, 5.41) is 2.94. The smallest absolute Gasteiger partial charge is 0.232 e. The van der Waals surface area contributed by atoms with Crippen LogP contribution in [0.5, 0.6) is 0 Å². The van der Waals surface area contributed by atoms with Crippen LogP contribution < -0.4 is 9.62 Å². The summed E-state index contributed by atoms with van der Waals surface area (Å²) in [6.45, 7) is 7.93. The van der Waals surface area contributed by atoms with Gasteiger partial charge in [-0.1, -0.05) is 12.1 Å². The summed E-state index contributed by atoms with van der Waals surface area (Å²) in [5.41, 5.74) is 4.48. The van der Waals surface area contributed by atoms with E-state index in [1.165, 1.54) is 11.6 Å². The zero-order valence-corrected chi connectivity index (χ0v) is 18.7. The van der Waals surface area contributed by atoms with Gasteiger partial charge in [0, 0.05) is 19.0 Å². The van der Waals surface area contributed by atoms with E-state index in [4.69, 9.17) is 0 Å². The van der Waals surface area contributed by atoms with Crippen LogP contribution in [0.4, 0.5) is 14.5 Å². The summed E-state index contributed by atoms with van der Waals surface area (Å²) in [5.74, 6) is -2.39. The van der Waals surface area contributed by atoms with Crippen molar-refractivity contribution in [2.24, 2.45) is 0 Å². The van der Waals surface area contributed by atoms with Crippen molar-refractivity contribution < 1.29 is 22.0 Å². The number of carbonyl (C=O) groups excluding carboxylic acids is 1. The molecular weight excluding hydrogens is 410 g/mol. The predicted octanol–water partition coefficient (Wildman–Crippen LogP) is 4.31. The van der Waals surface area contributed by atoms with Gasteiger partial charge in [0.15, 0.2) is 11.6 Å². The van der Waals surface area contributed by atoms with Crippen LogP contribution in [0.2, 0.25) is 0 Å². The molecule has 5 nitrogen and oxygen atoms in total. The minimum atomic E-state index is -3.71. The molecule has 0 saturated carbocycles. The minimum absolute atomic E-state index is 0.0195. The normalized spacial score (nSPS) is 12.5. The van der Waals surface area contributed by atoms with Crippen LogP contribution in [0.3, 0.4) is 0 Å². The monoisotopic (exact) mass is 438 g/mol. The summed E-state index contributed by atoms with van der Waals surface area (Å²) >= 11 is 0. The fraction of sp³-hybridized carbons (Fsp3) is 0.409. The van der Waals surface area contributed by atoms with Crippen LogP contribution in [-0.2, 0) is 14.8 Å². The molecule has 2 rings (SSSR count). The quantitative estimate of drug-likeness (QED) is 0.668. The molecule has 0 fully saturated rings. The lowest BCUT2D eigenvalue weighted by molar-refractivity contribution is -0.121. The van der Waals surface area contributed by atoms with Gasteiger partial charge in [0.05, 0.1) is 18.0 Å². The van der Waals surface area contributed by atoms with E-state index < -0.39 is 21.7 Å². The lowest BCUT2D eigenvalue weighted by atomic mass is 9.96. The van der Waals surface area contributed by atoms with Gasteiger partial charge in [0.25, 0.3) is 0 Å². The largest absolute Gasteiger partial charge is 0.350 e. The van der Waals surface area contributed by atoms with Crippen LogP contribution in [-0.4, -0.2) is 27.1 Å². The number of rotatable bonds is 8. The molecule has 0 aliphatic rings. The third-order valence-electron chi connectivity index (χ3n) is 5.08. The predicted molar refractivity (Wildman–Crippen MR) is 115 cm³/mol. The van der Waals surface area contributed by atoms with Crippen molar-refractivity contribution in [3.63, 3.8) is 0 Å². The molecule has 1 N–H and O–H groups in total. The van der Waals surface area contributed by atoms with Gasteiger partial charge < -0.3 is 5.32 Å². The topological polar surface area (TPSA) is 66.5 Å². The Morgan fingerprint density at radius 2 is 1.67 bits per heavy atom. The minimum Gasteiger partial charge on any atom is -0.350 e. The molecule has 0 bridgehead atoms. The molecule has 30 heavy (non-hydrogen) atoms. The first kappa shape index (κ1) is 23.8. The summed E-state index contributed by atoms with van der Waals surface area (Å²) in [6.07, 6.45) is 1.32. The van der Waals surface area contributed by atoms with Gasteiger partial charge in [-0.15, -0.1) is 0 Å². The first-order chi connectivity index (χ1) is 13.9. The number of anilines is 1. The maximum absolute atomic E-state index is 13.5. The van der Waals surface area contributed by atoms with Crippen molar-refractivity contribution in [1.29, 1.82) is 0 Å². The van der Waals surface area contributed by atoms with E-state index in [-0.39, 0.29) is 37.0 Å². The molecule has 0 heterocycles. The van der Waals surface area contributed by atoms with Gasteiger partial charge >= 0.3 is 0 Å². The van der Waals surface area contributed by atoms with Crippen molar-refractivity contribution >= 4 is 21.6 Å². The van der Waals surface area contributed by atoms with Crippen molar-refractivity contribution in [3.8, 4) is 0 Å². The van der Waals surface area contributed by atoms with Crippen LogP contribution in [0, 0.1) is 32.4 Å². The summed E-state index contributed by atoms with van der Waals surface area (Å²) in [6, 6.07) is 6.87. The van der Waals surface area contributed by atoms with Gasteiger partial charge in [-0.25, -0.2) is 17.2 Å². The van der Waals surface area contributed by atoms with E-state index in [1.54, 1.807) is 0 Å². The molecule has 2 aromatic carbocycles. The van der Waals surface area contributed by atoms with Crippen molar-refractivity contribution in [2.45, 2.75) is 46.6 Å². The number of hydrogen-bond acceptors (Lipinski definition) is 3. The standard InChI is InChI=1S/C22H28F2N2O3S/c1-14-11-16(3)19(12-15(14)2)17(4)25-22(27)7-6-10-26(30(5,28)29)18-8-9-20(23)21(24)13-18/h8-9,11-13,17H,6-7,10H2,1-5H3,(H,25,27)/t17-/m1/s1. The van der Waals surface area contributed by atoms with Crippen molar-refractivity contribution in [2.75, 3.05) is 17.1 Å². The van der Waals surface area contributed by atoms with Crippen LogP contribution >= 0.6 is 0 Å². The highest BCUT2D eigenvalue weighted by Crippen LogP contribution is 2.23. The molecule has 8 heteroatoms. The Kier molecular flexibility index (Phi) is 7.58. The average Bonchev–Trinajstić information content (AvgIpc) is 2.63. The Balaban J connectivity index is 2.00. The van der Waals surface area contributed by atoms with E-state index in [1.807, 2.05) is 27.7 Å². The van der Waals surface area contributed by atoms with Gasteiger partial charge in [0.2, 0.25) is 15.9 Å². The van der Waals surface area contributed by atoms with Gasteiger partial charge in [-0.3, -0.25) is 9.10 Å². The highest BCUT2D eigenvalue weighted by molar-refractivity contribution is 7.92. The van der Waals surface area contributed by atoms with Crippen LogP contribution in [0.1, 0.15) is 48.1 Å². The van der Waals surface area contributed by atoms with Crippen molar-refractivity contribution in [1.82, 2.24) is 5.32 Å². The highest BCUT2D eigenvalue weighted by Gasteiger charge is 2.20. The summed E-state index contributed by atoms with van der Waals surface area (Å²) < 4.78 is 51.8. The van der Waals surface area contributed by atoms with Gasteiger partial charge in [-0.05, 0) is 68.5 Å². The number of benzene rings is 2. The Morgan fingerprint density at radius 3 is 2.27 bits per heavy atom. The number of sulfonamides is 1. The van der Waals surface area contributed by atoms with E-state index in [0.29, 0.717) is 0 Å². The molecule has 0 aromatic heterocycles.